The summed E-state index contributed by atoms with van der Waals surface area (Å²) in [4.78, 5) is 0. The minimum atomic E-state index is -0.178. The van der Waals surface area contributed by atoms with Gasteiger partial charge in [-0.2, -0.15) is 0 Å². The second kappa shape index (κ2) is 2.31. The minimum absolute atomic E-state index is 0.178. The second-order valence-corrected chi connectivity index (χ2v) is 3.06. The zero-order valence-electron chi connectivity index (χ0n) is 6.13. The van der Waals surface area contributed by atoms with Crippen molar-refractivity contribution in [2.24, 2.45) is 5.73 Å². The molecule has 1 aromatic carbocycles. The molecule has 11 heavy (non-hydrogen) atoms. The van der Waals surface area contributed by atoms with Crippen LogP contribution < -0.4 is 5.73 Å². The lowest BCUT2D eigenvalue weighted by Crippen LogP contribution is -2.00. The first-order chi connectivity index (χ1) is 5.27. The topological polar surface area (TPSA) is 26.0 Å². The summed E-state index contributed by atoms with van der Waals surface area (Å²) in [5.41, 5.74) is 6.81. The van der Waals surface area contributed by atoms with Gasteiger partial charge in [-0.05, 0) is 24.1 Å². The first-order valence-corrected chi connectivity index (χ1v) is 3.78. The van der Waals surface area contributed by atoms with Crippen LogP contribution in [0, 0.1) is 5.82 Å². The molecule has 2 N–H and O–H groups in total. The zero-order chi connectivity index (χ0) is 7.84. The Labute approximate surface area is 65.0 Å². The molecule has 1 aliphatic rings. The third-order valence-corrected chi connectivity index (χ3v) is 2.14. The summed E-state index contributed by atoms with van der Waals surface area (Å²) in [7, 11) is 0. The van der Waals surface area contributed by atoms with Gasteiger partial charge >= 0.3 is 0 Å². The van der Waals surface area contributed by atoms with E-state index in [-0.39, 0.29) is 5.82 Å². The Balaban J connectivity index is 2.21. The molecule has 2 atom stereocenters. The molecule has 1 fully saturated rings. The Morgan fingerprint density at radius 1 is 1.27 bits per heavy atom. The van der Waals surface area contributed by atoms with E-state index in [4.69, 9.17) is 5.73 Å². The number of hydrogen-bond acceptors (Lipinski definition) is 1. The number of halogens is 1. The molecule has 1 nitrogen and oxygen atoms in total. The highest BCUT2D eigenvalue weighted by molar-refractivity contribution is 5.27. The molecule has 0 saturated heterocycles. The van der Waals surface area contributed by atoms with E-state index in [0.29, 0.717) is 12.0 Å². The highest BCUT2D eigenvalue weighted by atomic mass is 19.1. The van der Waals surface area contributed by atoms with Crippen molar-refractivity contribution in [3.8, 4) is 0 Å². The normalized spacial score (nSPS) is 28.5. The van der Waals surface area contributed by atoms with Crippen molar-refractivity contribution in [1.82, 2.24) is 0 Å². The molecule has 0 bridgehead atoms. The van der Waals surface area contributed by atoms with Gasteiger partial charge in [0.25, 0.3) is 0 Å². The molecule has 0 unspecified atom stereocenters. The van der Waals surface area contributed by atoms with Crippen molar-refractivity contribution in [3.63, 3.8) is 0 Å². The van der Waals surface area contributed by atoms with Crippen LogP contribution in [-0.4, -0.2) is 6.04 Å². The summed E-state index contributed by atoms with van der Waals surface area (Å²) in [6.07, 6.45) is 1.05. The summed E-state index contributed by atoms with van der Waals surface area (Å²) in [6, 6.07) is 6.90. The second-order valence-electron chi connectivity index (χ2n) is 3.06. The third-order valence-electron chi connectivity index (χ3n) is 2.14. The Morgan fingerprint density at radius 3 is 2.27 bits per heavy atom. The summed E-state index contributed by atoms with van der Waals surface area (Å²) in [5.74, 6) is 0.304. The molecule has 0 radical (unpaired) electrons. The van der Waals surface area contributed by atoms with Gasteiger partial charge in [0.1, 0.15) is 5.82 Å². The lowest BCUT2D eigenvalue weighted by molar-refractivity contribution is 0.627. The van der Waals surface area contributed by atoms with E-state index in [1.807, 2.05) is 12.1 Å². The molecule has 0 amide bonds. The number of hydrogen-bond donors (Lipinski definition) is 1. The molecule has 0 spiro atoms. The minimum Gasteiger partial charge on any atom is -0.327 e. The largest absolute Gasteiger partial charge is 0.327 e. The Morgan fingerprint density at radius 2 is 1.82 bits per heavy atom. The van der Waals surface area contributed by atoms with E-state index in [0.717, 1.165) is 6.42 Å². The van der Waals surface area contributed by atoms with Crippen molar-refractivity contribution >= 4 is 0 Å². The van der Waals surface area contributed by atoms with Gasteiger partial charge in [0.2, 0.25) is 0 Å². The van der Waals surface area contributed by atoms with Gasteiger partial charge in [0, 0.05) is 12.0 Å². The molecule has 2 heteroatoms. The average molecular weight is 151 g/mol. The molecule has 1 aliphatic carbocycles. The lowest BCUT2D eigenvalue weighted by Gasteiger charge is -1.96. The van der Waals surface area contributed by atoms with Crippen molar-refractivity contribution in [2.75, 3.05) is 0 Å². The molecule has 58 valence electrons. The van der Waals surface area contributed by atoms with E-state index >= 15 is 0 Å². The van der Waals surface area contributed by atoms with Crippen molar-refractivity contribution in [1.29, 1.82) is 0 Å². The van der Waals surface area contributed by atoms with Gasteiger partial charge in [-0.1, -0.05) is 12.1 Å². The zero-order valence-corrected chi connectivity index (χ0v) is 6.13. The predicted molar refractivity (Wildman–Crippen MR) is 41.7 cm³/mol. The third kappa shape index (κ3) is 1.26. The van der Waals surface area contributed by atoms with E-state index < -0.39 is 0 Å². The monoisotopic (exact) mass is 151 g/mol. The maximum atomic E-state index is 12.4. The Kier molecular flexibility index (Phi) is 1.43. The fourth-order valence-corrected chi connectivity index (χ4v) is 1.31. The molecule has 2 rings (SSSR count). The van der Waals surface area contributed by atoms with Gasteiger partial charge in [0.05, 0.1) is 0 Å². The summed E-state index contributed by atoms with van der Waals surface area (Å²) in [5, 5.41) is 0. The number of nitrogens with two attached hydrogens (primary N) is 1. The highest BCUT2D eigenvalue weighted by Crippen LogP contribution is 2.38. The molecule has 0 aromatic heterocycles. The average Bonchev–Trinajstić information content (AvgIpc) is 2.69. The maximum Gasteiger partial charge on any atom is 0.123 e. The van der Waals surface area contributed by atoms with Crippen LogP contribution >= 0.6 is 0 Å². The smallest absolute Gasteiger partial charge is 0.123 e. The SMILES string of the molecule is N[C@@H]1C[C@@H]1c1ccc(F)cc1. The number of rotatable bonds is 1. The van der Waals surface area contributed by atoms with Gasteiger partial charge in [-0.3, -0.25) is 0 Å². The summed E-state index contributed by atoms with van der Waals surface area (Å²) in [6.45, 7) is 0. The summed E-state index contributed by atoms with van der Waals surface area (Å²) >= 11 is 0. The van der Waals surface area contributed by atoms with E-state index in [9.17, 15) is 4.39 Å². The van der Waals surface area contributed by atoms with Crippen LogP contribution in [0.15, 0.2) is 24.3 Å². The van der Waals surface area contributed by atoms with Crippen molar-refractivity contribution < 1.29 is 4.39 Å². The predicted octanol–water partition coefficient (Wildman–Crippen LogP) is 1.64. The van der Waals surface area contributed by atoms with Gasteiger partial charge in [0.15, 0.2) is 0 Å². The lowest BCUT2D eigenvalue weighted by atomic mass is 10.1. The van der Waals surface area contributed by atoms with Crippen LogP contribution in [-0.2, 0) is 0 Å². The molecule has 1 saturated carbocycles. The molecular weight excluding hydrogens is 141 g/mol. The summed E-state index contributed by atoms with van der Waals surface area (Å²) < 4.78 is 12.4. The first kappa shape index (κ1) is 6.80. The van der Waals surface area contributed by atoms with Crippen molar-refractivity contribution in [2.45, 2.75) is 18.4 Å². The fraction of sp³-hybridized carbons (Fsp3) is 0.333. The van der Waals surface area contributed by atoms with Crippen LogP contribution in [0.2, 0.25) is 0 Å². The van der Waals surface area contributed by atoms with Crippen LogP contribution in [0.4, 0.5) is 4.39 Å². The molecule has 0 heterocycles. The van der Waals surface area contributed by atoms with Crippen molar-refractivity contribution in [3.05, 3.63) is 35.6 Å². The van der Waals surface area contributed by atoms with Crippen LogP contribution in [0.3, 0.4) is 0 Å². The van der Waals surface area contributed by atoms with Gasteiger partial charge in [-0.15, -0.1) is 0 Å². The highest BCUT2D eigenvalue weighted by Gasteiger charge is 2.34. The van der Waals surface area contributed by atoms with Gasteiger partial charge in [-0.25, -0.2) is 4.39 Å². The van der Waals surface area contributed by atoms with E-state index in [1.165, 1.54) is 17.7 Å². The van der Waals surface area contributed by atoms with E-state index in [1.54, 1.807) is 0 Å². The van der Waals surface area contributed by atoms with Crippen LogP contribution in [0.25, 0.3) is 0 Å². The van der Waals surface area contributed by atoms with E-state index in [2.05, 4.69) is 0 Å². The maximum absolute atomic E-state index is 12.4. The Bertz CT molecular complexity index is 255. The van der Waals surface area contributed by atoms with Crippen LogP contribution in [0.5, 0.6) is 0 Å². The molecule has 0 aliphatic heterocycles. The fourth-order valence-electron chi connectivity index (χ4n) is 1.31. The first-order valence-electron chi connectivity index (χ1n) is 3.78. The quantitative estimate of drug-likeness (QED) is 0.648. The number of benzene rings is 1. The van der Waals surface area contributed by atoms with Gasteiger partial charge < -0.3 is 5.73 Å². The Hall–Kier alpha value is -0.890. The van der Waals surface area contributed by atoms with Crippen LogP contribution in [0.1, 0.15) is 17.9 Å². The standard InChI is InChI=1S/C9H10FN/c10-7-3-1-6(2-4-7)8-5-9(8)11/h1-4,8-9H,5,11H2/t8-,9-/m1/s1. The molecular formula is C9H10FN. The molecule has 1 aromatic rings.